The molecule has 106 valence electrons. The molecule has 0 spiro atoms. The highest BCUT2D eigenvalue weighted by molar-refractivity contribution is 5.79. The summed E-state index contributed by atoms with van der Waals surface area (Å²) in [6.45, 7) is 0. The van der Waals surface area contributed by atoms with Gasteiger partial charge in [0.1, 0.15) is 28.7 Å². The smallest absolute Gasteiger partial charge is 0.193 e. The highest BCUT2D eigenvalue weighted by atomic mass is 19.1. The summed E-state index contributed by atoms with van der Waals surface area (Å²) in [6, 6.07) is 9.52. The van der Waals surface area contributed by atoms with Gasteiger partial charge in [0.2, 0.25) is 0 Å². The van der Waals surface area contributed by atoms with Crippen molar-refractivity contribution in [2.75, 3.05) is 7.11 Å². The predicted molar refractivity (Wildman–Crippen MR) is 76.1 cm³/mol. The van der Waals surface area contributed by atoms with E-state index in [1.807, 2.05) is 0 Å². The summed E-state index contributed by atoms with van der Waals surface area (Å²) in [5.74, 6) is 0.141. The predicted octanol–water partition coefficient (Wildman–Crippen LogP) is 3.31. The Morgan fingerprint density at radius 2 is 1.95 bits per heavy atom. The monoisotopic (exact) mass is 286 g/mol. The molecule has 0 radical (unpaired) electrons. The van der Waals surface area contributed by atoms with Crippen molar-refractivity contribution in [3.05, 3.63) is 58.5 Å². The highest BCUT2D eigenvalue weighted by Crippen LogP contribution is 2.30. The summed E-state index contributed by atoms with van der Waals surface area (Å²) in [5.41, 5.74) is 0.337. The van der Waals surface area contributed by atoms with E-state index in [2.05, 4.69) is 0 Å². The topological polar surface area (TPSA) is 59.7 Å². The molecule has 1 N–H and O–H groups in total. The van der Waals surface area contributed by atoms with Crippen LogP contribution < -0.4 is 10.2 Å². The fraction of sp³-hybridized carbons (Fsp3) is 0.0625. The molecule has 0 atom stereocenters. The minimum absolute atomic E-state index is 0.0219. The van der Waals surface area contributed by atoms with Crippen LogP contribution in [-0.2, 0) is 0 Å². The highest BCUT2D eigenvalue weighted by Gasteiger charge is 2.10. The van der Waals surface area contributed by atoms with Gasteiger partial charge in [-0.05, 0) is 24.3 Å². The van der Waals surface area contributed by atoms with Gasteiger partial charge >= 0.3 is 0 Å². The number of ether oxygens (including phenoxy) is 1. The van der Waals surface area contributed by atoms with Crippen LogP contribution in [0.4, 0.5) is 4.39 Å². The molecule has 0 fully saturated rings. The first-order chi connectivity index (χ1) is 10.1. The average Bonchev–Trinajstić information content (AvgIpc) is 2.45. The van der Waals surface area contributed by atoms with Gasteiger partial charge in [-0.1, -0.05) is 0 Å². The second-order valence-corrected chi connectivity index (χ2v) is 4.54. The quantitative estimate of drug-likeness (QED) is 0.785. The van der Waals surface area contributed by atoms with Crippen molar-refractivity contribution in [3.63, 3.8) is 0 Å². The van der Waals surface area contributed by atoms with Crippen LogP contribution in [0.2, 0.25) is 0 Å². The standard InChI is InChI=1S/C16H11FO4/c1-20-12-5-9(4-11(18)7-12)15-8-14(19)13-3-2-10(17)6-16(13)21-15/h2-8,18H,1H3. The fourth-order valence-electron chi connectivity index (χ4n) is 2.11. The lowest BCUT2D eigenvalue weighted by Gasteiger charge is -2.06. The molecule has 3 aromatic rings. The van der Waals surface area contributed by atoms with Crippen LogP contribution in [-0.4, -0.2) is 12.2 Å². The van der Waals surface area contributed by atoms with E-state index in [1.165, 1.54) is 37.4 Å². The fourth-order valence-corrected chi connectivity index (χ4v) is 2.11. The molecule has 0 bridgehead atoms. The first-order valence-electron chi connectivity index (χ1n) is 6.18. The lowest BCUT2D eigenvalue weighted by molar-refractivity contribution is 0.407. The van der Waals surface area contributed by atoms with Crippen molar-refractivity contribution < 1.29 is 18.7 Å². The van der Waals surface area contributed by atoms with Gasteiger partial charge in [0.05, 0.1) is 12.5 Å². The Hall–Kier alpha value is -2.82. The van der Waals surface area contributed by atoms with Crippen molar-refractivity contribution in [3.8, 4) is 22.8 Å². The molecular formula is C16H11FO4. The minimum atomic E-state index is -0.490. The molecular weight excluding hydrogens is 275 g/mol. The molecule has 0 unspecified atom stereocenters. The van der Waals surface area contributed by atoms with E-state index in [9.17, 15) is 14.3 Å². The van der Waals surface area contributed by atoms with Gasteiger partial charge in [0, 0.05) is 23.8 Å². The number of halogens is 1. The van der Waals surface area contributed by atoms with Crippen molar-refractivity contribution in [1.29, 1.82) is 0 Å². The van der Waals surface area contributed by atoms with E-state index in [-0.39, 0.29) is 22.5 Å². The third-order valence-electron chi connectivity index (χ3n) is 3.10. The zero-order valence-electron chi connectivity index (χ0n) is 11.1. The molecule has 3 rings (SSSR count). The average molecular weight is 286 g/mol. The Morgan fingerprint density at radius 3 is 2.71 bits per heavy atom. The molecule has 1 aromatic heterocycles. The molecule has 0 aliphatic heterocycles. The number of benzene rings is 2. The second kappa shape index (κ2) is 4.94. The number of hydrogen-bond donors (Lipinski definition) is 1. The molecule has 5 heteroatoms. The summed E-state index contributed by atoms with van der Waals surface area (Å²) in [4.78, 5) is 12.0. The van der Waals surface area contributed by atoms with E-state index in [1.54, 1.807) is 6.07 Å². The summed E-state index contributed by atoms with van der Waals surface area (Å²) in [6.07, 6.45) is 0. The first kappa shape index (κ1) is 13.2. The zero-order valence-corrected chi connectivity index (χ0v) is 11.1. The van der Waals surface area contributed by atoms with E-state index < -0.39 is 5.82 Å². The normalized spacial score (nSPS) is 10.8. The summed E-state index contributed by atoms with van der Waals surface area (Å²) in [5, 5.41) is 9.95. The Morgan fingerprint density at radius 1 is 1.14 bits per heavy atom. The van der Waals surface area contributed by atoms with Crippen molar-refractivity contribution >= 4 is 11.0 Å². The molecule has 1 heterocycles. The number of phenolic OH excluding ortho intramolecular Hbond substituents is 1. The van der Waals surface area contributed by atoms with Gasteiger partial charge in [0.15, 0.2) is 5.43 Å². The largest absolute Gasteiger partial charge is 0.508 e. The van der Waals surface area contributed by atoms with Crippen molar-refractivity contribution in [2.24, 2.45) is 0 Å². The zero-order chi connectivity index (χ0) is 15.0. The lowest BCUT2D eigenvalue weighted by atomic mass is 10.1. The summed E-state index contributed by atoms with van der Waals surface area (Å²) < 4.78 is 23.9. The summed E-state index contributed by atoms with van der Waals surface area (Å²) >= 11 is 0. The Balaban J connectivity index is 2.25. The second-order valence-electron chi connectivity index (χ2n) is 4.54. The maximum Gasteiger partial charge on any atom is 0.193 e. The Kier molecular flexibility index (Phi) is 3.10. The lowest BCUT2D eigenvalue weighted by Crippen LogP contribution is -2.00. The van der Waals surface area contributed by atoms with Gasteiger partial charge in [-0.15, -0.1) is 0 Å². The van der Waals surface area contributed by atoms with E-state index in [0.29, 0.717) is 16.7 Å². The maximum atomic E-state index is 13.3. The van der Waals surface area contributed by atoms with Crippen LogP contribution in [0.1, 0.15) is 0 Å². The van der Waals surface area contributed by atoms with Crippen LogP contribution in [0.25, 0.3) is 22.3 Å². The summed E-state index contributed by atoms with van der Waals surface area (Å²) in [7, 11) is 1.46. The molecule has 0 saturated heterocycles. The number of hydrogen-bond acceptors (Lipinski definition) is 4. The maximum absolute atomic E-state index is 13.3. The number of aromatic hydroxyl groups is 1. The van der Waals surface area contributed by atoms with Crippen LogP contribution in [0.15, 0.2) is 51.7 Å². The number of rotatable bonds is 2. The number of phenols is 1. The van der Waals surface area contributed by atoms with Crippen LogP contribution in [0.3, 0.4) is 0 Å². The third kappa shape index (κ3) is 2.45. The van der Waals surface area contributed by atoms with E-state index >= 15 is 0 Å². The van der Waals surface area contributed by atoms with Crippen molar-refractivity contribution in [1.82, 2.24) is 0 Å². The van der Waals surface area contributed by atoms with Gasteiger partial charge in [0.25, 0.3) is 0 Å². The molecule has 4 nitrogen and oxygen atoms in total. The van der Waals surface area contributed by atoms with Crippen LogP contribution in [0, 0.1) is 5.82 Å². The molecule has 0 aliphatic rings. The Labute approximate surface area is 119 Å². The van der Waals surface area contributed by atoms with E-state index in [4.69, 9.17) is 9.15 Å². The Bertz CT molecular complexity index is 883. The first-order valence-corrected chi connectivity index (χ1v) is 6.18. The van der Waals surface area contributed by atoms with Gasteiger partial charge in [-0.2, -0.15) is 0 Å². The number of fused-ring (bicyclic) bond motifs is 1. The van der Waals surface area contributed by atoms with Gasteiger partial charge in [-0.25, -0.2) is 4.39 Å². The third-order valence-corrected chi connectivity index (χ3v) is 3.10. The van der Waals surface area contributed by atoms with E-state index in [0.717, 1.165) is 6.07 Å². The van der Waals surface area contributed by atoms with Crippen molar-refractivity contribution in [2.45, 2.75) is 0 Å². The van der Waals surface area contributed by atoms with Crippen LogP contribution >= 0.6 is 0 Å². The molecule has 0 aliphatic carbocycles. The molecule has 0 saturated carbocycles. The van der Waals surface area contributed by atoms with Gasteiger partial charge < -0.3 is 14.3 Å². The van der Waals surface area contributed by atoms with Gasteiger partial charge in [-0.3, -0.25) is 4.79 Å². The SMILES string of the molecule is COc1cc(O)cc(-c2cc(=O)c3ccc(F)cc3o2)c1. The number of methoxy groups -OCH3 is 1. The van der Waals surface area contributed by atoms with Crippen LogP contribution in [0.5, 0.6) is 11.5 Å². The minimum Gasteiger partial charge on any atom is -0.508 e. The molecule has 21 heavy (non-hydrogen) atoms. The molecule has 0 amide bonds. The molecule has 2 aromatic carbocycles.